The number of phenols is 1. The first kappa shape index (κ1) is 15.4. The van der Waals surface area contributed by atoms with Crippen LogP contribution < -0.4 is 10.1 Å². The highest BCUT2D eigenvalue weighted by molar-refractivity contribution is 5.95. The molecule has 0 spiro atoms. The van der Waals surface area contributed by atoms with Crippen LogP contribution in [-0.2, 0) is 16.1 Å². The largest absolute Gasteiger partial charge is 0.504 e. The standard InChI is InChI=1S/C18H19NO4/c1-22-17-8-14-13(7-18(21)19-15(14)9-16(17)20)11-23-10-12-5-3-2-4-6-12/h2-6,8-9,13,20H,7,10-11H2,1H3,(H,19,21). The number of anilines is 1. The molecule has 3 rings (SSSR count). The van der Waals surface area contributed by atoms with E-state index in [4.69, 9.17) is 9.47 Å². The third-order valence-corrected chi connectivity index (χ3v) is 3.93. The Hall–Kier alpha value is -2.53. The van der Waals surface area contributed by atoms with E-state index >= 15 is 0 Å². The minimum atomic E-state index is -0.0737. The molecule has 1 atom stereocenters. The number of hydrogen-bond acceptors (Lipinski definition) is 4. The summed E-state index contributed by atoms with van der Waals surface area (Å²) in [5.74, 6) is 0.276. The molecule has 2 aromatic rings. The number of hydrogen-bond donors (Lipinski definition) is 2. The van der Waals surface area contributed by atoms with Crippen molar-refractivity contribution in [3.63, 3.8) is 0 Å². The van der Waals surface area contributed by atoms with E-state index in [0.717, 1.165) is 11.1 Å². The minimum absolute atomic E-state index is 0.0115. The first-order valence-corrected chi connectivity index (χ1v) is 7.50. The lowest BCUT2D eigenvalue weighted by Gasteiger charge is -2.26. The predicted molar refractivity (Wildman–Crippen MR) is 86.7 cm³/mol. The zero-order valence-electron chi connectivity index (χ0n) is 12.9. The van der Waals surface area contributed by atoms with Crippen LogP contribution in [0.1, 0.15) is 23.5 Å². The van der Waals surface area contributed by atoms with Gasteiger partial charge in [-0.05, 0) is 17.2 Å². The Kier molecular flexibility index (Phi) is 4.48. The van der Waals surface area contributed by atoms with E-state index < -0.39 is 0 Å². The van der Waals surface area contributed by atoms with E-state index in [1.807, 2.05) is 30.3 Å². The molecule has 2 N–H and O–H groups in total. The summed E-state index contributed by atoms with van der Waals surface area (Å²) >= 11 is 0. The van der Waals surface area contributed by atoms with E-state index in [9.17, 15) is 9.90 Å². The van der Waals surface area contributed by atoms with Crippen LogP contribution in [0.15, 0.2) is 42.5 Å². The highest BCUT2D eigenvalue weighted by Gasteiger charge is 2.27. The van der Waals surface area contributed by atoms with Gasteiger partial charge in [-0.15, -0.1) is 0 Å². The molecule has 0 fully saturated rings. The number of nitrogens with one attached hydrogen (secondary N) is 1. The number of carbonyl (C=O) groups excluding carboxylic acids is 1. The molecule has 1 amide bonds. The Morgan fingerprint density at radius 3 is 2.78 bits per heavy atom. The third kappa shape index (κ3) is 3.46. The summed E-state index contributed by atoms with van der Waals surface area (Å²) in [6, 6.07) is 13.2. The average molecular weight is 313 g/mol. The second-order valence-corrected chi connectivity index (χ2v) is 5.56. The fraction of sp³-hybridized carbons (Fsp3) is 0.278. The number of methoxy groups -OCH3 is 1. The summed E-state index contributed by atoms with van der Waals surface area (Å²) in [6.45, 7) is 0.937. The Balaban J connectivity index is 1.74. The lowest BCUT2D eigenvalue weighted by Crippen LogP contribution is -2.25. The molecule has 0 radical (unpaired) electrons. The predicted octanol–water partition coefficient (Wildman–Crippen LogP) is 3.04. The van der Waals surface area contributed by atoms with Gasteiger partial charge in [-0.25, -0.2) is 0 Å². The van der Waals surface area contributed by atoms with Gasteiger partial charge in [-0.3, -0.25) is 4.79 Å². The van der Waals surface area contributed by atoms with Gasteiger partial charge in [0.2, 0.25) is 5.91 Å². The van der Waals surface area contributed by atoms with Crippen molar-refractivity contribution in [2.24, 2.45) is 0 Å². The summed E-state index contributed by atoms with van der Waals surface area (Å²) in [4.78, 5) is 11.9. The van der Waals surface area contributed by atoms with Crippen LogP contribution in [0.3, 0.4) is 0 Å². The van der Waals surface area contributed by atoms with E-state index in [2.05, 4.69) is 5.32 Å². The molecule has 0 aromatic heterocycles. The van der Waals surface area contributed by atoms with Crippen molar-refractivity contribution in [1.29, 1.82) is 0 Å². The van der Waals surface area contributed by atoms with Gasteiger partial charge in [-0.2, -0.15) is 0 Å². The van der Waals surface area contributed by atoms with Crippen molar-refractivity contribution in [3.8, 4) is 11.5 Å². The molecule has 120 valence electrons. The first-order valence-electron chi connectivity index (χ1n) is 7.50. The van der Waals surface area contributed by atoms with Crippen LogP contribution in [0, 0.1) is 0 Å². The lowest BCUT2D eigenvalue weighted by atomic mass is 9.91. The molecule has 5 nitrogen and oxygen atoms in total. The molecule has 0 saturated heterocycles. The van der Waals surface area contributed by atoms with E-state index in [0.29, 0.717) is 31.1 Å². The van der Waals surface area contributed by atoms with Crippen molar-refractivity contribution in [3.05, 3.63) is 53.6 Å². The number of amides is 1. The van der Waals surface area contributed by atoms with Gasteiger partial charge in [0.05, 0.1) is 20.3 Å². The zero-order chi connectivity index (χ0) is 16.2. The van der Waals surface area contributed by atoms with Crippen molar-refractivity contribution in [1.82, 2.24) is 0 Å². The Morgan fingerprint density at radius 1 is 1.26 bits per heavy atom. The van der Waals surface area contributed by atoms with E-state index in [1.165, 1.54) is 13.2 Å². The first-order chi connectivity index (χ1) is 11.2. The highest BCUT2D eigenvalue weighted by atomic mass is 16.5. The van der Waals surface area contributed by atoms with Crippen LogP contribution in [0.5, 0.6) is 11.5 Å². The number of fused-ring (bicyclic) bond motifs is 1. The second kappa shape index (κ2) is 6.71. The maximum atomic E-state index is 11.9. The molecule has 5 heteroatoms. The monoisotopic (exact) mass is 313 g/mol. The van der Waals surface area contributed by atoms with E-state index in [1.54, 1.807) is 6.07 Å². The molecular weight excluding hydrogens is 294 g/mol. The zero-order valence-corrected chi connectivity index (χ0v) is 12.9. The summed E-state index contributed by atoms with van der Waals surface area (Å²) in [7, 11) is 1.50. The second-order valence-electron chi connectivity index (χ2n) is 5.56. The smallest absolute Gasteiger partial charge is 0.225 e. The maximum absolute atomic E-state index is 11.9. The maximum Gasteiger partial charge on any atom is 0.225 e. The normalized spacial score (nSPS) is 16.6. The number of ether oxygens (including phenoxy) is 2. The van der Waals surface area contributed by atoms with Crippen LogP contribution in [0.25, 0.3) is 0 Å². The Labute approximate surface area is 134 Å². The number of rotatable bonds is 5. The van der Waals surface area contributed by atoms with Gasteiger partial charge in [0.25, 0.3) is 0 Å². The van der Waals surface area contributed by atoms with Crippen LogP contribution in [-0.4, -0.2) is 24.7 Å². The van der Waals surface area contributed by atoms with Crippen LogP contribution in [0.4, 0.5) is 5.69 Å². The number of aromatic hydroxyl groups is 1. The molecular formula is C18H19NO4. The summed E-state index contributed by atoms with van der Waals surface area (Å²) in [5.41, 5.74) is 2.64. The average Bonchev–Trinajstić information content (AvgIpc) is 2.55. The molecule has 1 unspecified atom stereocenters. The molecule has 1 aliphatic rings. The Morgan fingerprint density at radius 2 is 2.04 bits per heavy atom. The lowest BCUT2D eigenvalue weighted by molar-refractivity contribution is -0.117. The summed E-state index contributed by atoms with van der Waals surface area (Å²) in [6.07, 6.45) is 0.357. The van der Waals surface area contributed by atoms with Crippen LogP contribution >= 0.6 is 0 Å². The topological polar surface area (TPSA) is 67.8 Å². The fourth-order valence-corrected chi connectivity index (χ4v) is 2.77. The van der Waals surface area contributed by atoms with Crippen molar-refractivity contribution in [2.75, 3.05) is 19.0 Å². The summed E-state index contributed by atoms with van der Waals surface area (Å²) < 4.78 is 10.9. The van der Waals surface area contributed by atoms with Gasteiger partial charge in [0, 0.05) is 24.1 Å². The van der Waals surface area contributed by atoms with Crippen molar-refractivity contribution < 1.29 is 19.4 Å². The molecule has 0 saturated carbocycles. The van der Waals surface area contributed by atoms with Crippen molar-refractivity contribution in [2.45, 2.75) is 18.9 Å². The molecule has 1 aliphatic heterocycles. The van der Waals surface area contributed by atoms with Gasteiger partial charge < -0.3 is 19.9 Å². The molecule has 23 heavy (non-hydrogen) atoms. The quantitative estimate of drug-likeness (QED) is 0.890. The van der Waals surface area contributed by atoms with Gasteiger partial charge >= 0.3 is 0 Å². The molecule has 2 aromatic carbocycles. The summed E-state index contributed by atoms with van der Waals surface area (Å²) in [5, 5.41) is 12.6. The number of benzene rings is 2. The Bertz CT molecular complexity index is 700. The molecule has 0 aliphatic carbocycles. The minimum Gasteiger partial charge on any atom is -0.504 e. The SMILES string of the molecule is COc1cc2c(cc1O)NC(=O)CC2COCc1ccccc1. The molecule has 1 heterocycles. The van der Waals surface area contributed by atoms with Crippen LogP contribution in [0.2, 0.25) is 0 Å². The van der Waals surface area contributed by atoms with Gasteiger partial charge in [0.15, 0.2) is 11.5 Å². The third-order valence-electron chi connectivity index (χ3n) is 3.93. The van der Waals surface area contributed by atoms with Gasteiger partial charge in [0.1, 0.15) is 0 Å². The van der Waals surface area contributed by atoms with Crippen molar-refractivity contribution >= 4 is 11.6 Å². The molecule has 0 bridgehead atoms. The number of carbonyl (C=O) groups is 1. The number of phenolic OH excluding ortho intramolecular Hbond substituents is 1. The van der Waals surface area contributed by atoms with E-state index in [-0.39, 0.29) is 17.6 Å². The van der Waals surface area contributed by atoms with Gasteiger partial charge in [-0.1, -0.05) is 30.3 Å². The fourth-order valence-electron chi connectivity index (χ4n) is 2.77. The highest BCUT2D eigenvalue weighted by Crippen LogP contribution is 2.40.